The van der Waals surface area contributed by atoms with E-state index in [9.17, 15) is 0 Å². The van der Waals surface area contributed by atoms with Crippen molar-refractivity contribution in [3.05, 3.63) is 38.5 Å². The van der Waals surface area contributed by atoms with Gasteiger partial charge in [-0.2, -0.15) is 0 Å². The maximum absolute atomic E-state index is 6.71. The molecular weight excluding hydrogens is 88.1 g/mol. The SMILES string of the molecule is [C].[C]c1ccco1. The molecule has 1 rings (SSSR count). The Morgan fingerprint density at radius 1 is 1.57 bits per heavy atom. The lowest BCUT2D eigenvalue weighted by Crippen LogP contribution is -1.48. The van der Waals surface area contributed by atoms with Crippen LogP contribution in [0.4, 0.5) is 0 Å². The molecule has 0 amide bonds. The van der Waals surface area contributed by atoms with Crippen molar-refractivity contribution in [2.75, 3.05) is 0 Å². The number of hydrogen-bond acceptors (Lipinski definition) is 1. The Hall–Kier alpha value is -0.720. The minimum Gasteiger partial charge on any atom is -0.469 e. The highest BCUT2D eigenvalue weighted by atomic mass is 16.3. The van der Waals surface area contributed by atoms with E-state index in [0.29, 0.717) is 0 Å². The van der Waals surface area contributed by atoms with Gasteiger partial charge in [0.1, 0.15) is 5.76 Å². The van der Waals surface area contributed by atoms with Gasteiger partial charge in [-0.25, -0.2) is 0 Å². The molecule has 0 fully saturated rings. The fourth-order valence-electron chi connectivity index (χ4n) is 0.279. The Labute approximate surface area is 44.0 Å². The first kappa shape index (κ1) is 6.28. The summed E-state index contributed by atoms with van der Waals surface area (Å²) in [7, 11) is 0. The quantitative estimate of drug-likeness (QED) is 0.469. The second kappa shape index (κ2) is 2.45. The fraction of sp³-hybridized carbons (Fsp3) is 0. The van der Waals surface area contributed by atoms with Gasteiger partial charge in [0.05, 0.1) is 13.2 Å². The van der Waals surface area contributed by atoms with Crippen LogP contribution in [0, 0.1) is 14.4 Å². The summed E-state index contributed by atoms with van der Waals surface area (Å²) in [5.41, 5.74) is 0. The van der Waals surface area contributed by atoms with Crippen molar-refractivity contribution in [1.29, 1.82) is 0 Å². The maximum Gasteiger partial charge on any atom is 0.113 e. The molecule has 0 aliphatic heterocycles. The molecule has 7 radical (unpaired) electrons. The number of furan rings is 1. The number of rotatable bonds is 0. The first-order chi connectivity index (χ1) is 2.89. The van der Waals surface area contributed by atoms with E-state index in [1.54, 1.807) is 12.1 Å². The van der Waals surface area contributed by atoms with Gasteiger partial charge in [-0.15, -0.1) is 0 Å². The first-order valence-electron chi connectivity index (χ1n) is 1.65. The average molecular weight is 91.1 g/mol. The summed E-state index contributed by atoms with van der Waals surface area (Å²) in [6.45, 7) is 6.71. The van der Waals surface area contributed by atoms with Crippen LogP contribution in [0.2, 0.25) is 0 Å². The molecule has 0 aliphatic rings. The maximum atomic E-state index is 6.71. The van der Waals surface area contributed by atoms with E-state index in [-0.39, 0.29) is 13.2 Å². The highest BCUT2D eigenvalue weighted by molar-refractivity contribution is 5.00. The summed E-state index contributed by atoms with van der Waals surface area (Å²) in [6.07, 6.45) is 1.47. The first-order valence-corrected chi connectivity index (χ1v) is 1.65. The lowest BCUT2D eigenvalue weighted by molar-refractivity contribution is 0.549. The van der Waals surface area contributed by atoms with Crippen LogP contribution >= 0.6 is 0 Å². The molecule has 0 aliphatic carbocycles. The van der Waals surface area contributed by atoms with Crippen LogP contribution in [0.3, 0.4) is 0 Å². The second-order valence-corrected chi connectivity index (χ2v) is 0.977. The third-order valence-corrected chi connectivity index (χ3v) is 0.521. The predicted molar refractivity (Wildman–Crippen MR) is 24.3 cm³/mol. The molecular formula is C6H3O. The van der Waals surface area contributed by atoms with Crippen molar-refractivity contribution in [3.63, 3.8) is 0 Å². The zero-order chi connectivity index (χ0) is 4.41. The van der Waals surface area contributed by atoms with Crippen LogP contribution in [0.15, 0.2) is 22.8 Å². The van der Waals surface area contributed by atoms with Gasteiger partial charge >= 0.3 is 0 Å². The Morgan fingerprint density at radius 3 is 2.43 bits per heavy atom. The van der Waals surface area contributed by atoms with Gasteiger partial charge in [-0.3, -0.25) is 0 Å². The minimum absolute atomic E-state index is 0. The molecule has 1 nitrogen and oxygen atoms in total. The highest BCUT2D eigenvalue weighted by Gasteiger charge is 1.77. The van der Waals surface area contributed by atoms with Gasteiger partial charge in [0.25, 0.3) is 0 Å². The van der Waals surface area contributed by atoms with Crippen LogP contribution in [0.1, 0.15) is 5.76 Å². The molecule has 1 aromatic heterocycles. The highest BCUT2D eigenvalue weighted by Crippen LogP contribution is 1.93. The van der Waals surface area contributed by atoms with Gasteiger partial charge < -0.3 is 4.42 Å². The van der Waals surface area contributed by atoms with E-state index >= 15 is 0 Å². The molecule has 1 aromatic rings. The monoisotopic (exact) mass is 91.0 g/mol. The van der Waals surface area contributed by atoms with E-state index in [2.05, 4.69) is 4.42 Å². The summed E-state index contributed by atoms with van der Waals surface area (Å²) >= 11 is 0. The van der Waals surface area contributed by atoms with Crippen molar-refractivity contribution in [1.82, 2.24) is 0 Å². The molecule has 0 spiro atoms. The second-order valence-electron chi connectivity index (χ2n) is 0.977. The van der Waals surface area contributed by atoms with Crippen LogP contribution in [-0.2, 0) is 0 Å². The van der Waals surface area contributed by atoms with Crippen LogP contribution in [0.5, 0.6) is 0 Å². The van der Waals surface area contributed by atoms with Gasteiger partial charge in [0.2, 0.25) is 0 Å². The summed E-state index contributed by atoms with van der Waals surface area (Å²) < 4.78 is 4.50. The third kappa shape index (κ3) is 1.44. The summed E-state index contributed by atoms with van der Waals surface area (Å²) in [4.78, 5) is 0. The average Bonchev–Trinajstić information content (AvgIpc) is 1.86. The molecule has 0 saturated carbocycles. The summed E-state index contributed by atoms with van der Waals surface area (Å²) in [5.74, 6) is 0.218. The molecule has 0 atom stereocenters. The van der Waals surface area contributed by atoms with Crippen molar-refractivity contribution in [2.24, 2.45) is 0 Å². The fourth-order valence-corrected chi connectivity index (χ4v) is 0.279. The molecule has 1 heteroatoms. The van der Waals surface area contributed by atoms with Crippen LogP contribution in [-0.4, -0.2) is 0 Å². The number of hydrogen-bond donors (Lipinski definition) is 0. The van der Waals surface area contributed by atoms with Crippen molar-refractivity contribution < 1.29 is 4.42 Å². The van der Waals surface area contributed by atoms with Crippen molar-refractivity contribution in [2.45, 2.75) is 0 Å². The van der Waals surface area contributed by atoms with E-state index in [0.717, 1.165) is 0 Å². The molecule has 7 heavy (non-hydrogen) atoms. The zero-order valence-corrected chi connectivity index (χ0v) is 3.64. The zero-order valence-electron chi connectivity index (χ0n) is 3.64. The van der Waals surface area contributed by atoms with Gasteiger partial charge in [0, 0.05) is 7.43 Å². The standard InChI is InChI=1S/C5H3O.C/c1-5-3-2-4-6-5;/h2-4H;. The van der Waals surface area contributed by atoms with E-state index in [1.807, 2.05) is 0 Å². The molecule has 0 N–H and O–H groups in total. The van der Waals surface area contributed by atoms with E-state index in [1.165, 1.54) is 6.26 Å². The lowest BCUT2D eigenvalue weighted by Gasteiger charge is -1.67. The lowest BCUT2D eigenvalue weighted by atomic mass is 10.5. The van der Waals surface area contributed by atoms with Crippen LogP contribution in [0.25, 0.3) is 0 Å². The molecule has 0 aromatic carbocycles. The molecule has 1 heterocycles. The van der Waals surface area contributed by atoms with E-state index < -0.39 is 0 Å². The largest absolute Gasteiger partial charge is 0.469 e. The van der Waals surface area contributed by atoms with Gasteiger partial charge in [-0.05, 0) is 12.1 Å². The molecule has 33 valence electrons. The van der Waals surface area contributed by atoms with Crippen molar-refractivity contribution in [3.8, 4) is 0 Å². The summed E-state index contributed by atoms with van der Waals surface area (Å²) in [6, 6.07) is 3.27. The van der Waals surface area contributed by atoms with Gasteiger partial charge in [0.15, 0.2) is 0 Å². The molecule has 0 bridgehead atoms. The normalized spacial score (nSPS) is 7.57. The third-order valence-electron chi connectivity index (χ3n) is 0.521. The Kier molecular flexibility index (Phi) is 2.20. The Balaban J connectivity index is 0.000000360. The topological polar surface area (TPSA) is 13.1 Å². The minimum atomic E-state index is 0. The van der Waals surface area contributed by atoms with E-state index in [4.69, 9.17) is 6.92 Å². The Morgan fingerprint density at radius 2 is 2.29 bits per heavy atom. The predicted octanol–water partition coefficient (Wildman–Crippen LogP) is 1.30. The smallest absolute Gasteiger partial charge is 0.113 e. The molecule has 0 unspecified atom stereocenters. The summed E-state index contributed by atoms with van der Waals surface area (Å²) in [5, 5.41) is 0. The van der Waals surface area contributed by atoms with Crippen molar-refractivity contribution >= 4 is 0 Å². The van der Waals surface area contributed by atoms with Gasteiger partial charge in [-0.1, -0.05) is 0 Å². The molecule has 0 saturated heterocycles. The Bertz CT molecular complexity index is 108. The van der Waals surface area contributed by atoms with Crippen LogP contribution < -0.4 is 0 Å².